The van der Waals surface area contributed by atoms with Crippen LogP contribution >= 0.6 is 0 Å². The van der Waals surface area contributed by atoms with Gasteiger partial charge in [-0.15, -0.1) is 0 Å². The van der Waals surface area contributed by atoms with Gasteiger partial charge < -0.3 is 5.11 Å². The molecule has 0 bridgehead atoms. The molecule has 0 amide bonds. The van der Waals surface area contributed by atoms with Crippen molar-refractivity contribution in [1.82, 2.24) is 0 Å². The average molecular weight is 192 g/mol. The topological polar surface area (TPSA) is 24.1 Å². The maximum Gasteiger partial charge on any atom is 0.393 e. The number of pyridine rings is 1. The van der Waals surface area contributed by atoms with Crippen molar-refractivity contribution in [2.45, 2.75) is 19.3 Å². The molecule has 0 saturated heterocycles. The first-order valence-electron chi connectivity index (χ1n) is 3.67. The molecule has 1 rings (SSSR count). The molecule has 0 unspecified atom stereocenters. The van der Waals surface area contributed by atoms with Crippen molar-refractivity contribution in [3.63, 3.8) is 0 Å². The van der Waals surface area contributed by atoms with Crippen LogP contribution in [0.4, 0.5) is 13.2 Å². The Morgan fingerprint density at radius 3 is 2.15 bits per heavy atom. The lowest BCUT2D eigenvalue weighted by Crippen LogP contribution is -2.32. The van der Waals surface area contributed by atoms with E-state index in [9.17, 15) is 13.2 Å². The van der Waals surface area contributed by atoms with E-state index in [-0.39, 0.29) is 12.3 Å². The third-order valence-electron chi connectivity index (χ3n) is 1.53. The molecule has 5 heteroatoms. The van der Waals surface area contributed by atoms with E-state index in [2.05, 4.69) is 0 Å². The van der Waals surface area contributed by atoms with E-state index in [1.54, 1.807) is 0 Å². The van der Waals surface area contributed by atoms with Crippen LogP contribution in [0.25, 0.3) is 0 Å². The fourth-order valence-corrected chi connectivity index (χ4v) is 0.932. The second kappa shape index (κ2) is 3.74. The summed E-state index contributed by atoms with van der Waals surface area (Å²) in [5.41, 5.74) is 0.192. The Kier molecular flexibility index (Phi) is 2.87. The number of aliphatic hydroxyl groups is 1. The number of rotatable bonds is 2. The maximum atomic E-state index is 11.9. The molecule has 1 heterocycles. The van der Waals surface area contributed by atoms with Crippen molar-refractivity contribution in [2.24, 2.45) is 0 Å². The summed E-state index contributed by atoms with van der Waals surface area (Å²) in [6.07, 6.45) is -2.30. The lowest BCUT2D eigenvalue weighted by molar-refractivity contribution is -0.730. The molecule has 0 aromatic carbocycles. The molecular weight excluding hydrogens is 183 g/mol. The Labute approximate surface area is 73.2 Å². The van der Waals surface area contributed by atoms with Crippen LogP contribution in [0.1, 0.15) is 5.56 Å². The minimum absolute atomic E-state index is 0.192. The molecule has 72 valence electrons. The Hall–Kier alpha value is -1.10. The standard InChI is InChI=1S/C8H9F3NO/c9-8(10,11)5-7-1-3-12(6-13)4-2-7/h1-4,13H,5-6H2/q+1. The van der Waals surface area contributed by atoms with Crippen LogP contribution in [-0.2, 0) is 13.2 Å². The van der Waals surface area contributed by atoms with Crippen molar-refractivity contribution in [1.29, 1.82) is 0 Å². The van der Waals surface area contributed by atoms with E-state index >= 15 is 0 Å². The van der Waals surface area contributed by atoms with Gasteiger partial charge in [0.15, 0.2) is 12.4 Å². The first-order valence-corrected chi connectivity index (χ1v) is 3.67. The van der Waals surface area contributed by atoms with E-state index in [4.69, 9.17) is 5.11 Å². The largest absolute Gasteiger partial charge is 0.393 e. The average Bonchev–Trinajstić information content (AvgIpc) is 2.03. The van der Waals surface area contributed by atoms with Crippen molar-refractivity contribution in [3.05, 3.63) is 30.1 Å². The number of hydrogen-bond acceptors (Lipinski definition) is 1. The van der Waals surface area contributed by atoms with Crippen LogP contribution in [0.2, 0.25) is 0 Å². The summed E-state index contributed by atoms with van der Waals surface area (Å²) < 4.78 is 37.0. The summed E-state index contributed by atoms with van der Waals surface area (Å²) in [5.74, 6) is 0. The summed E-state index contributed by atoms with van der Waals surface area (Å²) >= 11 is 0. The second-order valence-electron chi connectivity index (χ2n) is 2.65. The molecule has 0 atom stereocenters. The molecule has 0 aliphatic carbocycles. The molecule has 0 fully saturated rings. The smallest absolute Gasteiger partial charge is 0.339 e. The first-order chi connectivity index (χ1) is 6.01. The predicted octanol–water partition coefficient (Wildman–Crippen LogP) is 1.03. The number of alkyl halides is 3. The Morgan fingerprint density at radius 1 is 1.23 bits per heavy atom. The first kappa shape index (κ1) is 9.98. The van der Waals surface area contributed by atoms with Gasteiger partial charge in [-0.1, -0.05) is 0 Å². The molecule has 1 aromatic heterocycles. The van der Waals surface area contributed by atoms with E-state index in [1.807, 2.05) is 0 Å². The second-order valence-corrected chi connectivity index (χ2v) is 2.65. The molecule has 1 N–H and O–H groups in total. The number of nitrogens with zero attached hydrogens (tertiary/aromatic N) is 1. The molecule has 2 nitrogen and oxygen atoms in total. The van der Waals surface area contributed by atoms with Crippen molar-refractivity contribution in [2.75, 3.05) is 0 Å². The summed E-state index contributed by atoms with van der Waals surface area (Å²) in [4.78, 5) is 0. The van der Waals surface area contributed by atoms with Gasteiger partial charge in [-0.05, 0) is 5.56 Å². The summed E-state index contributed by atoms with van der Waals surface area (Å²) in [6.45, 7) is -0.230. The lowest BCUT2D eigenvalue weighted by Gasteiger charge is -2.04. The van der Waals surface area contributed by atoms with Gasteiger partial charge in [0.05, 0.1) is 6.42 Å². The highest BCUT2D eigenvalue weighted by Gasteiger charge is 2.27. The van der Waals surface area contributed by atoms with E-state index < -0.39 is 12.6 Å². The van der Waals surface area contributed by atoms with Crippen LogP contribution in [0, 0.1) is 0 Å². The number of aromatic nitrogens is 1. The van der Waals surface area contributed by atoms with Gasteiger partial charge in [0.2, 0.25) is 6.73 Å². The predicted molar refractivity (Wildman–Crippen MR) is 38.6 cm³/mol. The van der Waals surface area contributed by atoms with Gasteiger partial charge in [-0.25, -0.2) is 0 Å². The van der Waals surface area contributed by atoms with Gasteiger partial charge in [0.25, 0.3) is 0 Å². The minimum atomic E-state index is -4.18. The highest BCUT2D eigenvalue weighted by Crippen LogP contribution is 2.20. The third kappa shape index (κ3) is 3.42. The van der Waals surface area contributed by atoms with Gasteiger partial charge in [0.1, 0.15) is 0 Å². The van der Waals surface area contributed by atoms with E-state index in [0.29, 0.717) is 0 Å². The molecule has 1 aromatic rings. The van der Waals surface area contributed by atoms with Crippen LogP contribution in [0.5, 0.6) is 0 Å². The van der Waals surface area contributed by atoms with Crippen molar-refractivity contribution >= 4 is 0 Å². The number of aliphatic hydroxyl groups excluding tert-OH is 1. The van der Waals surface area contributed by atoms with Crippen molar-refractivity contribution < 1.29 is 22.8 Å². The zero-order valence-electron chi connectivity index (χ0n) is 6.75. The minimum Gasteiger partial charge on any atom is -0.339 e. The normalized spacial score (nSPS) is 11.7. The molecule has 0 saturated carbocycles. The highest BCUT2D eigenvalue weighted by atomic mass is 19.4. The molecule has 0 aliphatic rings. The molecule has 0 aliphatic heterocycles. The van der Waals surface area contributed by atoms with Crippen molar-refractivity contribution in [3.8, 4) is 0 Å². The van der Waals surface area contributed by atoms with Crippen LogP contribution in [-0.4, -0.2) is 11.3 Å². The maximum absolute atomic E-state index is 11.9. The SMILES string of the molecule is OC[n+]1ccc(CC(F)(F)F)cc1. The fraction of sp³-hybridized carbons (Fsp3) is 0.375. The summed E-state index contributed by atoms with van der Waals surface area (Å²) in [5, 5.41) is 8.60. The van der Waals surface area contributed by atoms with Gasteiger partial charge in [-0.2, -0.15) is 17.7 Å². The summed E-state index contributed by atoms with van der Waals surface area (Å²) in [7, 11) is 0. The van der Waals surface area contributed by atoms with Crippen LogP contribution in [0.15, 0.2) is 24.5 Å². The van der Waals surface area contributed by atoms with Gasteiger partial charge in [0, 0.05) is 12.1 Å². The highest BCUT2D eigenvalue weighted by molar-refractivity contribution is 5.08. The van der Waals surface area contributed by atoms with E-state index in [0.717, 1.165) is 0 Å². The molecule has 0 radical (unpaired) electrons. The van der Waals surface area contributed by atoms with E-state index in [1.165, 1.54) is 29.1 Å². The number of halogens is 3. The molecular formula is C8H9F3NO+. The Morgan fingerprint density at radius 2 is 1.77 bits per heavy atom. The van der Waals surface area contributed by atoms with Crippen LogP contribution < -0.4 is 4.57 Å². The lowest BCUT2D eigenvalue weighted by atomic mass is 10.2. The van der Waals surface area contributed by atoms with Gasteiger partial charge >= 0.3 is 6.18 Å². The zero-order valence-corrected chi connectivity index (χ0v) is 6.75. The fourth-order valence-electron chi connectivity index (χ4n) is 0.932. The zero-order chi connectivity index (χ0) is 9.90. The Bertz CT molecular complexity index is 268. The quantitative estimate of drug-likeness (QED) is 0.695. The monoisotopic (exact) mass is 192 g/mol. The Balaban J connectivity index is 2.70. The third-order valence-corrected chi connectivity index (χ3v) is 1.53. The summed E-state index contributed by atoms with van der Waals surface area (Å²) in [6, 6.07) is 2.67. The van der Waals surface area contributed by atoms with Crippen LogP contribution in [0.3, 0.4) is 0 Å². The molecule has 13 heavy (non-hydrogen) atoms. The van der Waals surface area contributed by atoms with Gasteiger partial charge in [-0.3, -0.25) is 0 Å². The molecule has 0 spiro atoms. The number of hydrogen-bond donors (Lipinski definition) is 1.